The van der Waals surface area contributed by atoms with E-state index in [1.54, 1.807) is 18.2 Å². The second kappa shape index (κ2) is 9.12. The number of rotatable bonds is 9. The summed E-state index contributed by atoms with van der Waals surface area (Å²) in [5.74, 6) is -0.0615. The largest absolute Gasteiger partial charge is 0.490 e. The zero-order chi connectivity index (χ0) is 15.7. The average Bonchev–Trinajstić information content (AvgIpc) is 2.52. The summed E-state index contributed by atoms with van der Waals surface area (Å²) in [6, 6.07) is 7.17. The molecule has 1 N–H and O–H groups in total. The SMILES string of the molecule is C=CC(=O)OCC(O)COc1ccccc1C(OC)OC. The van der Waals surface area contributed by atoms with Gasteiger partial charge in [0, 0.05) is 25.9 Å². The third-order valence-electron chi connectivity index (χ3n) is 2.62. The molecule has 21 heavy (non-hydrogen) atoms. The van der Waals surface area contributed by atoms with Crippen molar-refractivity contribution in [3.05, 3.63) is 42.5 Å². The molecule has 116 valence electrons. The fraction of sp³-hybridized carbons (Fsp3) is 0.400. The Labute approximate surface area is 123 Å². The molecule has 0 aliphatic rings. The molecule has 0 aromatic heterocycles. The maximum Gasteiger partial charge on any atom is 0.330 e. The van der Waals surface area contributed by atoms with Crippen LogP contribution in [0.2, 0.25) is 0 Å². The smallest absolute Gasteiger partial charge is 0.330 e. The minimum absolute atomic E-state index is 0.0262. The highest BCUT2D eigenvalue weighted by molar-refractivity contribution is 5.81. The molecule has 6 heteroatoms. The summed E-state index contributed by atoms with van der Waals surface area (Å²) < 4.78 is 20.6. The highest BCUT2D eigenvalue weighted by atomic mass is 16.7. The normalized spacial score (nSPS) is 12.0. The van der Waals surface area contributed by atoms with E-state index < -0.39 is 18.4 Å². The molecule has 0 fully saturated rings. The molecule has 1 aromatic rings. The minimum Gasteiger partial charge on any atom is -0.490 e. The predicted octanol–water partition coefficient (Wildman–Crippen LogP) is 1.45. The molecule has 1 unspecified atom stereocenters. The summed E-state index contributed by atoms with van der Waals surface area (Å²) in [5, 5.41) is 9.70. The molecule has 0 spiro atoms. The van der Waals surface area contributed by atoms with Crippen LogP contribution in [-0.2, 0) is 19.0 Å². The van der Waals surface area contributed by atoms with E-state index in [2.05, 4.69) is 6.58 Å². The Morgan fingerprint density at radius 3 is 2.57 bits per heavy atom. The van der Waals surface area contributed by atoms with Crippen LogP contribution in [0.25, 0.3) is 0 Å². The van der Waals surface area contributed by atoms with Crippen LogP contribution >= 0.6 is 0 Å². The number of ether oxygens (including phenoxy) is 4. The summed E-state index contributed by atoms with van der Waals surface area (Å²) in [7, 11) is 3.04. The number of aliphatic hydroxyl groups is 1. The third-order valence-corrected chi connectivity index (χ3v) is 2.62. The quantitative estimate of drug-likeness (QED) is 0.422. The number of hydrogen-bond donors (Lipinski definition) is 1. The van der Waals surface area contributed by atoms with Gasteiger partial charge in [-0.3, -0.25) is 0 Å². The van der Waals surface area contributed by atoms with Gasteiger partial charge < -0.3 is 24.1 Å². The van der Waals surface area contributed by atoms with Crippen molar-refractivity contribution in [3.63, 3.8) is 0 Å². The van der Waals surface area contributed by atoms with Crippen molar-refractivity contribution in [3.8, 4) is 5.75 Å². The minimum atomic E-state index is -0.939. The number of aliphatic hydroxyl groups excluding tert-OH is 1. The molecule has 0 saturated heterocycles. The van der Waals surface area contributed by atoms with Crippen molar-refractivity contribution in [2.75, 3.05) is 27.4 Å². The first kappa shape index (κ1) is 17.2. The Bertz CT molecular complexity index is 455. The Kier molecular flexibility index (Phi) is 7.45. The van der Waals surface area contributed by atoms with E-state index in [-0.39, 0.29) is 13.2 Å². The van der Waals surface area contributed by atoms with Crippen LogP contribution in [0.15, 0.2) is 36.9 Å². The second-order valence-corrected chi connectivity index (χ2v) is 4.14. The number of carbonyl (C=O) groups is 1. The van der Waals surface area contributed by atoms with E-state index in [4.69, 9.17) is 18.9 Å². The number of benzene rings is 1. The van der Waals surface area contributed by atoms with Crippen molar-refractivity contribution in [2.24, 2.45) is 0 Å². The van der Waals surface area contributed by atoms with Gasteiger partial charge in [-0.25, -0.2) is 4.79 Å². The molecule has 0 amide bonds. The molecule has 0 bridgehead atoms. The van der Waals surface area contributed by atoms with E-state index in [1.807, 2.05) is 6.07 Å². The Morgan fingerprint density at radius 1 is 1.29 bits per heavy atom. The van der Waals surface area contributed by atoms with Crippen LogP contribution in [0.1, 0.15) is 11.9 Å². The molecule has 0 aliphatic heterocycles. The zero-order valence-electron chi connectivity index (χ0n) is 12.2. The first-order valence-electron chi connectivity index (χ1n) is 6.37. The maximum absolute atomic E-state index is 10.9. The summed E-state index contributed by atoms with van der Waals surface area (Å²) in [6.07, 6.45) is -0.465. The first-order valence-corrected chi connectivity index (χ1v) is 6.37. The van der Waals surface area contributed by atoms with Gasteiger partial charge in [0.05, 0.1) is 0 Å². The van der Waals surface area contributed by atoms with Gasteiger partial charge >= 0.3 is 5.97 Å². The summed E-state index contributed by atoms with van der Waals surface area (Å²) in [6.45, 7) is 3.08. The van der Waals surface area contributed by atoms with Crippen LogP contribution in [0.5, 0.6) is 5.75 Å². The third kappa shape index (κ3) is 5.55. The lowest BCUT2D eigenvalue weighted by molar-refractivity contribution is -0.141. The van der Waals surface area contributed by atoms with Gasteiger partial charge in [-0.15, -0.1) is 0 Å². The monoisotopic (exact) mass is 296 g/mol. The molecule has 1 aromatic carbocycles. The molecule has 0 radical (unpaired) electrons. The van der Waals surface area contributed by atoms with Gasteiger partial charge in [0.1, 0.15) is 25.1 Å². The molecule has 0 aliphatic carbocycles. The Balaban J connectivity index is 2.58. The van der Waals surface area contributed by atoms with Gasteiger partial charge in [0.2, 0.25) is 0 Å². The molecule has 1 rings (SSSR count). The number of methoxy groups -OCH3 is 2. The Hall–Kier alpha value is -1.89. The fourth-order valence-corrected chi connectivity index (χ4v) is 1.63. The first-order chi connectivity index (χ1) is 10.1. The van der Waals surface area contributed by atoms with E-state index in [0.717, 1.165) is 6.08 Å². The van der Waals surface area contributed by atoms with E-state index in [0.29, 0.717) is 11.3 Å². The maximum atomic E-state index is 10.9. The summed E-state index contributed by atoms with van der Waals surface area (Å²) >= 11 is 0. The van der Waals surface area contributed by atoms with E-state index in [1.165, 1.54) is 14.2 Å². The van der Waals surface area contributed by atoms with Crippen LogP contribution in [0.3, 0.4) is 0 Å². The number of para-hydroxylation sites is 1. The van der Waals surface area contributed by atoms with Crippen molar-refractivity contribution in [1.82, 2.24) is 0 Å². The lowest BCUT2D eigenvalue weighted by Gasteiger charge is -2.19. The second-order valence-electron chi connectivity index (χ2n) is 4.14. The van der Waals surface area contributed by atoms with Crippen LogP contribution in [0.4, 0.5) is 0 Å². The highest BCUT2D eigenvalue weighted by Crippen LogP contribution is 2.27. The van der Waals surface area contributed by atoms with Crippen LogP contribution in [0, 0.1) is 0 Å². The molecule has 6 nitrogen and oxygen atoms in total. The van der Waals surface area contributed by atoms with Gasteiger partial charge in [0.25, 0.3) is 0 Å². The number of carbonyl (C=O) groups excluding carboxylic acids is 1. The molecule has 1 atom stereocenters. The Morgan fingerprint density at radius 2 is 1.95 bits per heavy atom. The standard InChI is InChI=1S/C15H20O6/c1-4-14(17)21-10-11(16)9-20-13-8-6-5-7-12(13)15(18-2)19-3/h4-8,11,15-16H,1,9-10H2,2-3H3. The van der Waals surface area contributed by atoms with Crippen molar-refractivity contribution in [1.29, 1.82) is 0 Å². The highest BCUT2D eigenvalue weighted by Gasteiger charge is 2.16. The van der Waals surface area contributed by atoms with Crippen molar-refractivity contribution < 1.29 is 28.8 Å². The topological polar surface area (TPSA) is 74.2 Å². The van der Waals surface area contributed by atoms with Crippen LogP contribution in [-0.4, -0.2) is 44.6 Å². The van der Waals surface area contributed by atoms with Crippen molar-refractivity contribution in [2.45, 2.75) is 12.4 Å². The number of esters is 1. The molecule has 0 saturated carbocycles. The van der Waals surface area contributed by atoms with E-state index in [9.17, 15) is 9.90 Å². The summed E-state index contributed by atoms with van der Waals surface area (Å²) in [5.41, 5.74) is 0.706. The average molecular weight is 296 g/mol. The van der Waals surface area contributed by atoms with E-state index >= 15 is 0 Å². The molecule has 0 heterocycles. The van der Waals surface area contributed by atoms with Gasteiger partial charge in [0.15, 0.2) is 6.29 Å². The lowest BCUT2D eigenvalue weighted by Crippen LogP contribution is -2.25. The number of hydrogen-bond acceptors (Lipinski definition) is 6. The predicted molar refractivity (Wildman–Crippen MR) is 75.9 cm³/mol. The van der Waals surface area contributed by atoms with Gasteiger partial charge in [-0.1, -0.05) is 24.8 Å². The fourth-order valence-electron chi connectivity index (χ4n) is 1.63. The lowest BCUT2D eigenvalue weighted by atomic mass is 10.2. The zero-order valence-corrected chi connectivity index (χ0v) is 12.2. The molecular formula is C15H20O6. The van der Waals surface area contributed by atoms with Crippen molar-refractivity contribution >= 4 is 5.97 Å². The summed E-state index contributed by atoms with van der Waals surface area (Å²) in [4.78, 5) is 10.9. The van der Waals surface area contributed by atoms with Gasteiger partial charge in [-0.2, -0.15) is 0 Å². The van der Waals surface area contributed by atoms with Gasteiger partial charge in [-0.05, 0) is 6.07 Å². The molecular weight excluding hydrogens is 276 g/mol. The van der Waals surface area contributed by atoms with Crippen LogP contribution < -0.4 is 4.74 Å².